The summed E-state index contributed by atoms with van der Waals surface area (Å²) in [4.78, 5) is 29.8. The van der Waals surface area contributed by atoms with Crippen LogP contribution >= 0.6 is 0 Å². The van der Waals surface area contributed by atoms with Crippen molar-refractivity contribution in [3.8, 4) is 0 Å². The number of morpholine rings is 1. The topological polar surface area (TPSA) is 84.1 Å². The molecule has 0 spiro atoms. The van der Waals surface area contributed by atoms with Gasteiger partial charge in [-0.3, -0.25) is 9.20 Å². The molecule has 0 aliphatic carbocycles. The number of carboxylic acids is 1. The Labute approximate surface area is 114 Å². The number of carboxylic acid groups (broad SMARTS) is 1. The summed E-state index contributed by atoms with van der Waals surface area (Å²) in [7, 11) is 0. The molecule has 0 aromatic carbocycles. The van der Waals surface area contributed by atoms with Crippen LogP contribution in [0.5, 0.6) is 0 Å². The lowest BCUT2D eigenvalue weighted by atomic mass is 10.2. The number of anilines is 1. The average Bonchev–Trinajstić information content (AvgIpc) is 2.47. The molecule has 0 saturated carbocycles. The van der Waals surface area contributed by atoms with Gasteiger partial charge in [-0.15, -0.1) is 0 Å². The zero-order valence-corrected chi connectivity index (χ0v) is 10.7. The highest BCUT2D eigenvalue weighted by atomic mass is 16.5. The zero-order chi connectivity index (χ0) is 14.1. The largest absolute Gasteiger partial charge is 0.477 e. The highest BCUT2D eigenvalue weighted by Crippen LogP contribution is 2.17. The third-order valence-corrected chi connectivity index (χ3v) is 3.24. The summed E-state index contributed by atoms with van der Waals surface area (Å²) in [6, 6.07) is 5.10. The molecule has 0 radical (unpaired) electrons. The maximum Gasteiger partial charge on any atom is 0.345 e. The van der Waals surface area contributed by atoms with Gasteiger partial charge in [-0.2, -0.15) is 0 Å². The van der Waals surface area contributed by atoms with E-state index in [9.17, 15) is 14.7 Å². The highest BCUT2D eigenvalue weighted by Gasteiger charge is 2.24. The molecule has 1 fully saturated rings. The van der Waals surface area contributed by atoms with Crippen LogP contribution in [0.25, 0.3) is 5.65 Å². The van der Waals surface area contributed by atoms with Crippen molar-refractivity contribution in [2.45, 2.75) is 0 Å². The number of aromatic carboxylic acids is 1. The maximum absolute atomic E-state index is 12.3. The van der Waals surface area contributed by atoms with Crippen LogP contribution in [-0.2, 0) is 4.74 Å². The molecule has 20 heavy (non-hydrogen) atoms. The lowest BCUT2D eigenvalue weighted by molar-refractivity contribution is 0.0693. The number of ether oxygens (including phenoxy) is 1. The molecule has 1 saturated heterocycles. The Morgan fingerprint density at radius 3 is 2.75 bits per heavy atom. The van der Waals surface area contributed by atoms with E-state index in [-0.39, 0.29) is 11.4 Å². The van der Waals surface area contributed by atoms with Crippen molar-refractivity contribution in [2.24, 2.45) is 0 Å². The second-order valence-electron chi connectivity index (χ2n) is 4.45. The smallest absolute Gasteiger partial charge is 0.345 e. The highest BCUT2D eigenvalue weighted by molar-refractivity contribution is 5.93. The predicted molar refractivity (Wildman–Crippen MR) is 71.5 cm³/mol. The van der Waals surface area contributed by atoms with Crippen LogP contribution in [0, 0.1) is 0 Å². The van der Waals surface area contributed by atoms with Crippen molar-refractivity contribution >= 4 is 17.4 Å². The normalized spacial score (nSPS) is 15.5. The SMILES string of the molecule is O=C(O)c1c(N2CCOCC2)nc2ccccn2c1=O. The predicted octanol–water partition coefficient (Wildman–Crippen LogP) is 0.229. The number of carbonyl (C=O) groups is 1. The van der Waals surface area contributed by atoms with E-state index in [4.69, 9.17) is 4.74 Å². The molecule has 1 N–H and O–H groups in total. The first-order valence-electron chi connectivity index (χ1n) is 6.26. The summed E-state index contributed by atoms with van der Waals surface area (Å²) in [5.74, 6) is -1.04. The van der Waals surface area contributed by atoms with Crippen LogP contribution in [0.3, 0.4) is 0 Å². The molecule has 104 valence electrons. The van der Waals surface area contributed by atoms with E-state index in [0.29, 0.717) is 32.0 Å². The Bertz CT molecular complexity index is 719. The van der Waals surface area contributed by atoms with Crippen molar-refractivity contribution in [3.05, 3.63) is 40.3 Å². The minimum atomic E-state index is -1.26. The van der Waals surface area contributed by atoms with Gasteiger partial charge in [0.25, 0.3) is 5.56 Å². The van der Waals surface area contributed by atoms with Crippen LogP contribution in [0.2, 0.25) is 0 Å². The Hall–Kier alpha value is -2.41. The fourth-order valence-corrected chi connectivity index (χ4v) is 2.27. The van der Waals surface area contributed by atoms with Gasteiger partial charge < -0.3 is 14.7 Å². The van der Waals surface area contributed by atoms with Crippen LogP contribution in [0.1, 0.15) is 10.4 Å². The molecule has 2 aromatic rings. The molecule has 3 heterocycles. The van der Waals surface area contributed by atoms with E-state index in [2.05, 4.69) is 4.98 Å². The average molecular weight is 275 g/mol. The third kappa shape index (κ3) is 2.01. The van der Waals surface area contributed by atoms with Gasteiger partial charge in [0.2, 0.25) is 0 Å². The lowest BCUT2D eigenvalue weighted by Crippen LogP contribution is -2.39. The molecule has 7 heteroatoms. The number of hydrogen-bond acceptors (Lipinski definition) is 5. The third-order valence-electron chi connectivity index (χ3n) is 3.24. The molecule has 0 atom stereocenters. The van der Waals surface area contributed by atoms with Crippen molar-refractivity contribution in [2.75, 3.05) is 31.2 Å². The van der Waals surface area contributed by atoms with Crippen LogP contribution in [0.15, 0.2) is 29.2 Å². The van der Waals surface area contributed by atoms with Gasteiger partial charge in [0.05, 0.1) is 13.2 Å². The van der Waals surface area contributed by atoms with Crippen LogP contribution in [0.4, 0.5) is 5.82 Å². The molecule has 1 aliphatic heterocycles. The molecule has 1 aliphatic rings. The first-order chi connectivity index (χ1) is 9.68. The molecule has 3 rings (SSSR count). The minimum absolute atomic E-state index is 0.219. The molecule has 0 amide bonds. The van der Waals surface area contributed by atoms with Crippen molar-refractivity contribution < 1.29 is 14.6 Å². The fourth-order valence-electron chi connectivity index (χ4n) is 2.27. The number of pyridine rings is 1. The summed E-state index contributed by atoms with van der Waals surface area (Å²) in [5.41, 5.74) is -0.427. The molecule has 0 unspecified atom stereocenters. The van der Waals surface area contributed by atoms with E-state index >= 15 is 0 Å². The van der Waals surface area contributed by atoms with Gasteiger partial charge in [0.1, 0.15) is 5.65 Å². The van der Waals surface area contributed by atoms with Crippen molar-refractivity contribution in [1.29, 1.82) is 0 Å². The summed E-state index contributed by atoms with van der Waals surface area (Å²) in [6.45, 7) is 2.04. The van der Waals surface area contributed by atoms with Gasteiger partial charge in [0.15, 0.2) is 11.4 Å². The molecule has 2 aromatic heterocycles. The van der Waals surface area contributed by atoms with Crippen molar-refractivity contribution in [1.82, 2.24) is 9.38 Å². The first-order valence-corrected chi connectivity index (χ1v) is 6.26. The van der Waals surface area contributed by atoms with Gasteiger partial charge in [-0.1, -0.05) is 6.07 Å². The molecule has 7 nitrogen and oxygen atoms in total. The monoisotopic (exact) mass is 275 g/mol. The Kier molecular flexibility index (Phi) is 3.11. The quantitative estimate of drug-likeness (QED) is 0.844. The number of fused-ring (bicyclic) bond motifs is 1. The van der Waals surface area contributed by atoms with Gasteiger partial charge in [0, 0.05) is 19.3 Å². The van der Waals surface area contributed by atoms with E-state index in [0.717, 1.165) is 0 Å². The summed E-state index contributed by atoms with van der Waals surface area (Å²) in [6.07, 6.45) is 1.51. The van der Waals surface area contributed by atoms with Crippen molar-refractivity contribution in [3.63, 3.8) is 0 Å². The second kappa shape index (κ2) is 4.93. The van der Waals surface area contributed by atoms with E-state index in [1.165, 1.54) is 10.6 Å². The zero-order valence-electron chi connectivity index (χ0n) is 10.7. The number of nitrogens with zero attached hydrogens (tertiary/aromatic N) is 3. The summed E-state index contributed by atoms with van der Waals surface area (Å²) >= 11 is 0. The van der Waals surface area contributed by atoms with Crippen LogP contribution < -0.4 is 10.5 Å². The summed E-state index contributed by atoms with van der Waals surface area (Å²) in [5, 5.41) is 9.33. The molecular formula is C13H13N3O4. The van der Waals surface area contributed by atoms with Gasteiger partial charge in [-0.05, 0) is 12.1 Å². The second-order valence-corrected chi connectivity index (χ2v) is 4.45. The minimum Gasteiger partial charge on any atom is -0.477 e. The standard InChI is InChI=1S/C13H13N3O4/c17-12-10(13(18)19)11(15-5-7-20-8-6-15)14-9-3-1-2-4-16(9)12/h1-4H,5-8H2,(H,18,19). The molecular weight excluding hydrogens is 262 g/mol. The van der Waals surface area contributed by atoms with Gasteiger partial charge >= 0.3 is 5.97 Å². The molecule has 0 bridgehead atoms. The number of aromatic nitrogens is 2. The fraction of sp³-hybridized carbons (Fsp3) is 0.308. The Morgan fingerprint density at radius 1 is 1.30 bits per heavy atom. The first kappa shape index (κ1) is 12.6. The number of rotatable bonds is 2. The van der Waals surface area contributed by atoms with E-state index in [1.807, 2.05) is 0 Å². The van der Waals surface area contributed by atoms with Crippen LogP contribution in [-0.4, -0.2) is 46.8 Å². The lowest BCUT2D eigenvalue weighted by Gasteiger charge is -2.28. The maximum atomic E-state index is 12.3. The Morgan fingerprint density at radius 2 is 2.05 bits per heavy atom. The van der Waals surface area contributed by atoms with E-state index in [1.54, 1.807) is 23.1 Å². The van der Waals surface area contributed by atoms with Gasteiger partial charge in [-0.25, -0.2) is 9.78 Å². The Balaban J connectivity index is 2.26. The van der Waals surface area contributed by atoms with E-state index < -0.39 is 11.5 Å². The number of hydrogen-bond donors (Lipinski definition) is 1. The summed E-state index contributed by atoms with van der Waals surface area (Å²) < 4.78 is 6.48.